The van der Waals surface area contributed by atoms with Crippen LogP contribution in [0, 0.1) is 0 Å². The van der Waals surface area contributed by atoms with Gasteiger partial charge in [-0.05, 0) is 54.8 Å². The van der Waals surface area contributed by atoms with Crippen LogP contribution in [0.15, 0.2) is 48.5 Å². The standard InChI is InChI=1S/C18H23N3O2/c1-12(2)14-4-10-17(11-5-14)23-13(3)20-18(22)21-16-8-6-15(19)7-9-16/h4-13H,19H2,1-3H3,(H2,20,21,22). The Balaban J connectivity index is 1.84. The SMILES string of the molecule is CC(NC(=O)Nc1ccc(N)cc1)Oc1ccc(C(C)C)cc1. The van der Waals surface area contributed by atoms with E-state index in [9.17, 15) is 4.79 Å². The monoisotopic (exact) mass is 313 g/mol. The number of hydrogen-bond acceptors (Lipinski definition) is 3. The molecular formula is C18H23N3O2. The molecule has 2 amide bonds. The molecule has 0 aliphatic carbocycles. The maximum Gasteiger partial charge on any atom is 0.322 e. The van der Waals surface area contributed by atoms with Crippen molar-refractivity contribution in [1.82, 2.24) is 5.32 Å². The molecule has 2 rings (SSSR count). The number of carbonyl (C=O) groups is 1. The number of nitrogen functional groups attached to an aromatic ring is 1. The topological polar surface area (TPSA) is 76.4 Å². The van der Waals surface area contributed by atoms with Crippen molar-refractivity contribution in [3.8, 4) is 5.75 Å². The zero-order valence-electron chi connectivity index (χ0n) is 13.7. The van der Waals surface area contributed by atoms with Crippen molar-refractivity contribution in [1.29, 1.82) is 0 Å². The van der Waals surface area contributed by atoms with E-state index in [0.29, 0.717) is 17.3 Å². The Kier molecular flexibility index (Phi) is 5.46. The summed E-state index contributed by atoms with van der Waals surface area (Å²) in [4.78, 5) is 11.9. The van der Waals surface area contributed by atoms with Gasteiger partial charge in [-0.1, -0.05) is 26.0 Å². The molecule has 0 saturated carbocycles. The molecule has 0 fully saturated rings. The lowest BCUT2D eigenvalue weighted by Crippen LogP contribution is -2.39. The third-order valence-electron chi connectivity index (χ3n) is 3.36. The quantitative estimate of drug-likeness (QED) is 0.578. The van der Waals surface area contributed by atoms with Crippen LogP contribution < -0.4 is 21.1 Å². The van der Waals surface area contributed by atoms with Crippen molar-refractivity contribution >= 4 is 17.4 Å². The molecule has 0 aliphatic rings. The van der Waals surface area contributed by atoms with E-state index in [2.05, 4.69) is 24.5 Å². The highest BCUT2D eigenvalue weighted by Gasteiger charge is 2.09. The van der Waals surface area contributed by atoms with Gasteiger partial charge in [0.1, 0.15) is 5.75 Å². The third-order valence-corrected chi connectivity index (χ3v) is 3.36. The van der Waals surface area contributed by atoms with E-state index < -0.39 is 6.23 Å². The lowest BCUT2D eigenvalue weighted by molar-refractivity contribution is 0.183. The van der Waals surface area contributed by atoms with E-state index in [1.807, 2.05) is 24.3 Å². The van der Waals surface area contributed by atoms with Crippen molar-refractivity contribution in [2.45, 2.75) is 32.9 Å². The van der Waals surface area contributed by atoms with E-state index in [4.69, 9.17) is 10.5 Å². The number of amides is 2. The van der Waals surface area contributed by atoms with Crippen molar-refractivity contribution in [2.75, 3.05) is 11.1 Å². The minimum Gasteiger partial charge on any atom is -0.471 e. The van der Waals surface area contributed by atoms with Gasteiger partial charge in [0.05, 0.1) is 0 Å². The van der Waals surface area contributed by atoms with Crippen molar-refractivity contribution in [3.63, 3.8) is 0 Å². The van der Waals surface area contributed by atoms with Crippen LogP contribution in [0.25, 0.3) is 0 Å². The molecule has 0 bridgehead atoms. The van der Waals surface area contributed by atoms with E-state index in [-0.39, 0.29) is 6.03 Å². The second-order valence-electron chi connectivity index (χ2n) is 5.70. The van der Waals surface area contributed by atoms with Crippen LogP contribution in [0.2, 0.25) is 0 Å². The number of nitrogens with one attached hydrogen (secondary N) is 2. The number of rotatable bonds is 5. The Hall–Kier alpha value is -2.69. The minimum atomic E-state index is -0.450. The van der Waals surface area contributed by atoms with Gasteiger partial charge in [-0.2, -0.15) is 0 Å². The summed E-state index contributed by atoms with van der Waals surface area (Å²) < 4.78 is 5.68. The summed E-state index contributed by atoms with van der Waals surface area (Å²) in [5, 5.41) is 5.45. The third kappa shape index (κ3) is 5.21. The molecule has 1 atom stereocenters. The number of benzene rings is 2. The van der Waals surface area contributed by atoms with Gasteiger partial charge in [-0.3, -0.25) is 0 Å². The van der Waals surface area contributed by atoms with Crippen LogP contribution in [-0.4, -0.2) is 12.3 Å². The van der Waals surface area contributed by atoms with Crippen LogP contribution in [0.3, 0.4) is 0 Å². The number of anilines is 2. The predicted octanol–water partition coefficient (Wildman–Crippen LogP) is 3.94. The van der Waals surface area contributed by atoms with Gasteiger partial charge in [-0.15, -0.1) is 0 Å². The molecule has 5 heteroatoms. The molecule has 0 spiro atoms. The molecule has 2 aromatic rings. The first-order valence-corrected chi connectivity index (χ1v) is 7.63. The molecule has 0 aliphatic heterocycles. The van der Waals surface area contributed by atoms with Gasteiger partial charge in [0.15, 0.2) is 6.23 Å². The maximum atomic E-state index is 11.9. The lowest BCUT2D eigenvalue weighted by atomic mass is 10.0. The zero-order chi connectivity index (χ0) is 16.8. The zero-order valence-corrected chi connectivity index (χ0v) is 13.7. The summed E-state index contributed by atoms with van der Waals surface area (Å²) in [6.45, 7) is 6.06. The molecule has 5 nitrogen and oxygen atoms in total. The Morgan fingerprint density at radius 2 is 1.61 bits per heavy atom. The summed E-state index contributed by atoms with van der Waals surface area (Å²) in [6, 6.07) is 14.5. The Bertz CT molecular complexity index is 636. The Morgan fingerprint density at radius 1 is 1.00 bits per heavy atom. The molecule has 122 valence electrons. The Morgan fingerprint density at radius 3 is 2.17 bits per heavy atom. The number of urea groups is 1. The van der Waals surface area contributed by atoms with Crippen molar-refractivity contribution < 1.29 is 9.53 Å². The van der Waals surface area contributed by atoms with Crippen LogP contribution in [-0.2, 0) is 0 Å². The highest BCUT2D eigenvalue weighted by atomic mass is 16.5. The second-order valence-corrected chi connectivity index (χ2v) is 5.70. The molecule has 0 heterocycles. The first-order chi connectivity index (χ1) is 10.9. The molecule has 1 unspecified atom stereocenters. The van der Waals surface area contributed by atoms with Crippen molar-refractivity contribution in [3.05, 3.63) is 54.1 Å². The number of carbonyl (C=O) groups excluding carboxylic acids is 1. The summed E-state index contributed by atoms with van der Waals surface area (Å²) in [5.74, 6) is 1.19. The smallest absolute Gasteiger partial charge is 0.322 e. The highest BCUT2D eigenvalue weighted by Crippen LogP contribution is 2.19. The van der Waals surface area contributed by atoms with Gasteiger partial charge in [0.2, 0.25) is 0 Å². The normalized spacial score (nSPS) is 11.8. The average Bonchev–Trinajstić information content (AvgIpc) is 2.50. The summed E-state index contributed by atoms with van der Waals surface area (Å²) >= 11 is 0. The maximum absolute atomic E-state index is 11.9. The second kappa shape index (κ2) is 7.54. The van der Waals surface area contributed by atoms with E-state index in [1.165, 1.54) is 5.56 Å². The first kappa shape index (κ1) is 16.7. The predicted molar refractivity (Wildman–Crippen MR) is 93.6 cm³/mol. The average molecular weight is 313 g/mol. The minimum absolute atomic E-state index is 0.332. The molecule has 4 N–H and O–H groups in total. The number of nitrogens with two attached hydrogens (primary N) is 1. The molecule has 0 saturated heterocycles. The highest BCUT2D eigenvalue weighted by molar-refractivity contribution is 5.89. The fourth-order valence-electron chi connectivity index (χ4n) is 2.08. The summed E-state index contributed by atoms with van der Waals surface area (Å²) in [5.41, 5.74) is 8.18. The largest absolute Gasteiger partial charge is 0.471 e. The van der Waals surface area contributed by atoms with Gasteiger partial charge in [0, 0.05) is 11.4 Å². The van der Waals surface area contributed by atoms with Gasteiger partial charge in [-0.25, -0.2) is 4.79 Å². The van der Waals surface area contributed by atoms with E-state index in [0.717, 1.165) is 5.75 Å². The number of hydrogen-bond donors (Lipinski definition) is 3. The molecule has 0 aromatic heterocycles. The molecule has 23 heavy (non-hydrogen) atoms. The van der Waals surface area contributed by atoms with Crippen molar-refractivity contribution in [2.24, 2.45) is 0 Å². The van der Waals surface area contributed by atoms with Crippen LogP contribution in [0.5, 0.6) is 5.75 Å². The molecule has 2 aromatic carbocycles. The van der Waals surface area contributed by atoms with E-state index >= 15 is 0 Å². The van der Waals surface area contributed by atoms with Crippen LogP contribution in [0.4, 0.5) is 16.2 Å². The molecular weight excluding hydrogens is 290 g/mol. The fraction of sp³-hybridized carbons (Fsp3) is 0.278. The number of ether oxygens (including phenoxy) is 1. The summed E-state index contributed by atoms with van der Waals surface area (Å²) in [7, 11) is 0. The van der Waals surface area contributed by atoms with Gasteiger partial charge in [0.25, 0.3) is 0 Å². The lowest BCUT2D eigenvalue weighted by Gasteiger charge is -2.17. The summed E-state index contributed by atoms with van der Waals surface area (Å²) in [6.07, 6.45) is -0.450. The molecule has 0 radical (unpaired) electrons. The van der Waals surface area contributed by atoms with E-state index in [1.54, 1.807) is 31.2 Å². The van der Waals surface area contributed by atoms with Crippen LogP contribution >= 0.6 is 0 Å². The fourth-order valence-corrected chi connectivity index (χ4v) is 2.08. The first-order valence-electron chi connectivity index (χ1n) is 7.63. The van der Waals surface area contributed by atoms with Gasteiger partial charge >= 0.3 is 6.03 Å². The van der Waals surface area contributed by atoms with Gasteiger partial charge < -0.3 is 21.1 Å². The van der Waals surface area contributed by atoms with Crippen LogP contribution in [0.1, 0.15) is 32.3 Å². The Labute approximate surface area is 136 Å².